The number of hydrogen-bond donors (Lipinski definition) is 1. The molecule has 1 aliphatic rings. The van der Waals surface area contributed by atoms with Crippen LogP contribution in [-0.2, 0) is 6.54 Å². The first-order valence-electron chi connectivity index (χ1n) is 7.51. The lowest BCUT2D eigenvalue weighted by atomic mass is 9.82. The molecule has 1 aliphatic heterocycles. The smallest absolute Gasteiger partial charge is 0.121 e. The van der Waals surface area contributed by atoms with E-state index in [9.17, 15) is 5.11 Å². The molecule has 2 rings (SSSR count). The third-order valence-corrected chi connectivity index (χ3v) is 4.97. The van der Waals surface area contributed by atoms with E-state index in [1.807, 2.05) is 13.8 Å². The Hall–Kier alpha value is -1.02. The van der Waals surface area contributed by atoms with E-state index < -0.39 is 0 Å². The molecular formula is C17H27NO. The van der Waals surface area contributed by atoms with Gasteiger partial charge in [-0.25, -0.2) is 0 Å². The van der Waals surface area contributed by atoms with Crippen molar-refractivity contribution in [2.75, 3.05) is 13.1 Å². The zero-order valence-electron chi connectivity index (χ0n) is 12.8. The summed E-state index contributed by atoms with van der Waals surface area (Å²) in [6.07, 6.45) is 3.90. The summed E-state index contributed by atoms with van der Waals surface area (Å²) in [5.74, 6) is 0.446. The van der Waals surface area contributed by atoms with Gasteiger partial charge < -0.3 is 5.11 Å². The van der Waals surface area contributed by atoms with Gasteiger partial charge in [-0.15, -0.1) is 0 Å². The standard InChI is InChI=1S/C17H27NO/c1-5-17(6-2)7-8-18(12-17)11-15-9-13(3)16(19)14(4)10-15/h9-10,19H,5-8,11-12H2,1-4H3. The average molecular weight is 261 g/mol. The predicted molar refractivity (Wildman–Crippen MR) is 80.5 cm³/mol. The zero-order valence-corrected chi connectivity index (χ0v) is 12.8. The van der Waals surface area contributed by atoms with Gasteiger partial charge in [0.25, 0.3) is 0 Å². The van der Waals surface area contributed by atoms with E-state index in [1.165, 1.54) is 37.9 Å². The lowest BCUT2D eigenvalue weighted by molar-refractivity contribution is 0.236. The topological polar surface area (TPSA) is 23.5 Å². The quantitative estimate of drug-likeness (QED) is 0.885. The Morgan fingerprint density at radius 1 is 1.16 bits per heavy atom. The van der Waals surface area contributed by atoms with E-state index in [4.69, 9.17) is 0 Å². The van der Waals surface area contributed by atoms with Crippen LogP contribution in [0.4, 0.5) is 0 Å². The van der Waals surface area contributed by atoms with Gasteiger partial charge in [-0.2, -0.15) is 0 Å². The van der Waals surface area contributed by atoms with Gasteiger partial charge in [0.2, 0.25) is 0 Å². The van der Waals surface area contributed by atoms with E-state index in [0.29, 0.717) is 11.2 Å². The summed E-state index contributed by atoms with van der Waals surface area (Å²) in [5, 5.41) is 9.84. The largest absolute Gasteiger partial charge is 0.507 e. The molecule has 2 heteroatoms. The summed E-state index contributed by atoms with van der Waals surface area (Å²) in [4.78, 5) is 2.57. The summed E-state index contributed by atoms with van der Waals surface area (Å²) in [6.45, 7) is 12.1. The third-order valence-electron chi connectivity index (χ3n) is 4.97. The van der Waals surface area contributed by atoms with Crippen LogP contribution in [0, 0.1) is 19.3 Å². The molecule has 0 amide bonds. The van der Waals surface area contributed by atoms with Crippen molar-refractivity contribution >= 4 is 0 Å². The second-order valence-corrected chi connectivity index (χ2v) is 6.25. The summed E-state index contributed by atoms with van der Waals surface area (Å²) in [7, 11) is 0. The second kappa shape index (κ2) is 5.54. The van der Waals surface area contributed by atoms with E-state index in [2.05, 4.69) is 30.9 Å². The van der Waals surface area contributed by atoms with Crippen LogP contribution < -0.4 is 0 Å². The van der Waals surface area contributed by atoms with Gasteiger partial charge in [0.05, 0.1) is 0 Å². The maximum atomic E-state index is 9.84. The van der Waals surface area contributed by atoms with Gasteiger partial charge in [0.1, 0.15) is 5.75 Å². The number of phenols is 1. The van der Waals surface area contributed by atoms with Gasteiger partial charge in [0.15, 0.2) is 0 Å². The SMILES string of the molecule is CCC1(CC)CCN(Cc2cc(C)c(O)c(C)c2)C1. The molecule has 19 heavy (non-hydrogen) atoms. The summed E-state index contributed by atoms with van der Waals surface area (Å²) >= 11 is 0. The number of rotatable bonds is 4. The fraction of sp³-hybridized carbons (Fsp3) is 0.647. The molecule has 1 fully saturated rings. The molecule has 1 N–H and O–H groups in total. The number of phenolic OH excluding ortho intramolecular Hbond substituents is 1. The minimum absolute atomic E-state index is 0.446. The van der Waals surface area contributed by atoms with Gasteiger partial charge in [-0.3, -0.25) is 4.90 Å². The van der Waals surface area contributed by atoms with Crippen molar-refractivity contribution in [3.05, 3.63) is 28.8 Å². The number of aryl methyl sites for hydroxylation is 2. The van der Waals surface area contributed by atoms with Gasteiger partial charge >= 0.3 is 0 Å². The third kappa shape index (κ3) is 2.94. The molecule has 0 aliphatic carbocycles. The molecule has 1 heterocycles. The Balaban J connectivity index is 2.07. The molecule has 106 valence electrons. The number of likely N-dealkylation sites (tertiary alicyclic amines) is 1. The minimum atomic E-state index is 0.446. The van der Waals surface area contributed by atoms with Crippen molar-refractivity contribution in [2.45, 2.75) is 53.5 Å². The Labute approximate surface area is 117 Å². The van der Waals surface area contributed by atoms with Gasteiger partial charge in [0, 0.05) is 13.1 Å². The minimum Gasteiger partial charge on any atom is -0.507 e. The molecule has 0 spiro atoms. The van der Waals surface area contributed by atoms with Crippen molar-refractivity contribution in [1.82, 2.24) is 4.90 Å². The van der Waals surface area contributed by atoms with Gasteiger partial charge in [-0.05, 0) is 61.8 Å². The van der Waals surface area contributed by atoms with Crippen LogP contribution in [0.25, 0.3) is 0 Å². The van der Waals surface area contributed by atoms with Crippen LogP contribution in [-0.4, -0.2) is 23.1 Å². The maximum absolute atomic E-state index is 9.84. The second-order valence-electron chi connectivity index (χ2n) is 6.25. The molecule has 1 aromatic rings. The Morgan fingerprint density at radius 3 is 2.21 bits per heavy atom. The van der Waals surface area contributed by atoms with Crippen molar-refractivity contribution in [2.24, 2.45) is 5.41 Å². The van der Waals surface area contributed by atoms with Crippen molar-refractivity contribution in [3.8, 4) is 5.75 Å². The van der Waals surface area contributed by atoms with E-state index >= 15 is 0 Å². The lowest BCUT2D eigenvalue weighted by Gasteiger charge is -2.26. The molecule has 1 saturated heterocycles. The molecule has 0 radical (unpaired) electrons. The molecule has 0 saturated carbocycles. The summed E-state index contributed by atoms with van der Waals surface area (Å²) in [5.41, 5.74) is 3.86. The summed E-state index contributed by atoms with van der Waals surface area (Å²) in [6, 6.07) is 4.25. The Morgan fingerprint density at radius 2 is 1.74 bits per heavy atom. The fourth-order valence-electron chi connectivity index (χ4n) is 3.38. The van der Waals surface area contributed by atoms with Crippen LogP contribution in [0.15, 0.2) is 12.1 Å². The lowest BCUT2D eigenvalue weighted by Crippen LogP contribution is -2.26. The first-order valence-corrected chi connectivity index (χ1v) is 7.51. The molecule has 0 atom stereocenters. The molecule has 1 aromatic carbocycles. The van der Waals surface area contributed by atoms with Crippen molar-refractivity contribution in [1.29, 1.82) is 0 Å². The highest BCUT2D eigenvalue weighted by molar-refractivity contribution is 5.42. The summed E-state index contributed by atoms with van der Waals surface area (Å²) < 4.78 is 0. The van der Waals surface area contributed by atoms with E-state index in [0.717, 1.165) is 17.7 Å². The highest BCUT2D eigenvalue weighted by Gasteiger charge is 2.34. The molecule has 0 bridgehead atoms. The molecular weight excluding hydrogens is 234 g/mol. The van der Waals surface area contributed by atoms with Crippen LogP contribution in [0.5, 0.6) is 5.75 Å². The number of benzene rings is 1. The predicted octanol–water partition coefficient (Wildman–Crippen LogP) is 4.02. The van der Waals surface area contributed by atoms with E-state index in [-0.39, 0.29) is 0 Å². The number of nitrogens with zero attached hydrogens (tertiary/aromatic N) is 1. The highest BCUT2D eigenvalue weighted by atomic mass is 16.3. The first-order chi connectivity index (χ1) is 8.99. The number of hydrogen-bond acceptors (Lipinski definition) is 2. The van der Waals surface area contributed by atoms with Crippen LogP contribution >= 0.6 is 0 Å². The molecule has 0 unspecified atom stereocenters. The Bertz CT molecular complexity index is 426. The first kappa shape index (κ1) is 14.4. The highest BCUT2D eigenvalue weighted by Crippen LogP contribution is 2.37. The van der Waals surface area contributed by atoms with Crippen molar-refractivity contribution in [3.63, 3.8) is 0 Å². The van der Waals surface area contributed by atoms with Gasteiger partial charge in [-0.1, -0.05) is 26.0 Å². The fourth-order valence-corrected chi connectivity index (χ4v) is 3.38. The van der Waals surface area contributed by atoms with Crippen LogP contribution in [0.1, 0.15) is 49.8 Å². The Kier molecular flexibility index (Phi) is 4.19. The maximum Gasteiger partial charge on any atom is 0.121 e. The van der Waals surface area contributed by atoms with E-state index in [1.54, 1.807) is 0 Å². The molecule has 0 aromatic heterocycles. The zero-order chi connectivity index (χ0) is 14.0. The average Bonchev–Trinajstić information content (AvgIpc) is 2.80. The number of aromatic hydroxyl groups is 1. The van der Waals surface area contributed by atoms with Crippen LogP contribution in [0.2, 0.25) is 0 Å². The monoisotopic (exact) mass is 261 g/mol. The normalized spacial score (nSPS) is 18.9. The molecule has 2 nitrogen and oxygen atoms in total. The van der Waals surface area contributed by atoms with Crippen LogP contribution in [0.3, 0.4) is 0 Å². The van der Waals surface area contributed by atoms with Crippen molar-refractivity contribution < 1.29 is 5.11 Å².